The van der Waals surface area contributed by atoms with Crippen molar-refractivity contribution in [2.45, 2.75) is 64.1 Å². The molecule has 1 N–H and O–H groups in total. The van der Waals surface area contributed by atoms with Crippen LogP contribution < -0.4 is 10.4 Å². The van der Waals surface area contributed by atoms with Gasteiger partial charge in [-0.2, -0.15) is 0 Å². The average molecular weight is 472 g/mol. The number of rotatable bonds is 5. The van der Waals surface area contributed by atoms with Crippen molar-refractivity contribution in [1.82, 2.24) is 9.58 Å². The van der Waals surface area contributed by atoms with E-state index in [1.165, 1.54) is 16.9 Å². The van der Waals surface area contributed by atoms with Crippen LogP contribution in [0.15, 0.2) is 29.2 Å². The standard InChI is InChI=1S/C25H27F2N3O4/c1-2-28-21-11-8-15-4-3-5-19(15)30(21)29-13-17(23(32)24(33)22(29)25(28)34)20(31)10-7-14-6-9-16(26)12-18(14)27/h6,9,12-13,15,19,21,33H,2-5,7-8,10-11H2,1H3/t15-,19-,21-/m0/s1. The SMILES string of the molecule is CCN1C(=O)c2c(O)c(=O)c(C(=O)CCc3ccc(F)cc3F)cn2N2[C@H]3CCC[C@H]3CC[C@@H]12. The summed E-state index contributed by atoms with van der Waals surface area (Å²) in [5.41, 5.74) is -1.09. The first-order chi connectivity index (χ1) is 16.3. The fraction of sp³-hybridized carbons (Fsp3) is 0.480. The zero-order chi connectivity index (χ0) is 24.1. The highest BCUT2D eigenvalue weighted by Gasteiger charge is 2.48. The molecule has 1 saturated carbocycles. The first kappa shape index (κ1) is 22.6. The fourth-order valence-electron chi connectivity index (χ4n) is 5.92. The molecule has 2 aromatic rings. The van der Waals surface area contributed by atoms with Gasteiger partial charge >= 0.3 is 0 Å². The maximum absolute atomic E-state index is 14.0. The van der Waals surface area contributed by atoms with E-state index in [9.17, 15) is 28.3 Å². The van der Waals surface area contributed by atoms with Crippen molar-refractivity contribution < 1.29 is 23.5 Å². The zero-order valence-electron chi connectivity index (χ0n) is 19.0. The van der Waals surface area contributed by atoms with Gasteiger partial charge < -0.3 is 10.0 Å². The second-order valence-corrected chi connectivity index (χ2v) is 9.36. The van der Waals surface area contributed by atoms with Gasteiger partial charge in [0.2, 0.25) is 5.43 Å². The van der Waals surface area contributed by atoms with Crippen LogP contribution in [-0.2, 0) is 6.42 Å². The monoisotopic (exact) mass is 471 g/mol. The molecule has 1 amide bonds. The van der Waals surface area contributed by atoms with Crippen LogP contribution >= 0.6 is 0 Å². The number of aromatic hydroxyl groups is 1. The van der Waals surface area contributed by atoms with Crippen LogP contribution in [0, 0.1) is 17.6 Å². The molecule has 34 heavy (non-hydrogen) atoms. The lowest BCUT2D eigenvalue weighted by atomic mass is 9.90. The number of aromatic nitrogens is 1. The van der Waals surface area contributed by atoms with Gasteiger partial charge in [-0.05, 0) is 56.6 Å². The smallest absolute Gasteiger partial charge is 0.278 e. The van der Waals surface area contributed by atoms with E-state index in [0.29, 0.717) is 12.5 Å². The van der Waals surface area contributed by atoms with E-state index in [1.807, 2.05) is 6.92 Å². The number of Topliss-reactive ketones (excluding diaryl/α,β-unsaturated/α-hetero) is 1. The number of carbonyl (C=O) groups excluding carboxylic acids is 2. The predicted molar refractivity (Wildman–Crippen MR) is 120 cm³/mol. The second kappa shape index (κ2) is 8.52. The third-order valence-corrected chi connectivity index (χ3v) is 7.57. The number of halogens is 2. The molecule has 1 saturated heterocycles. The Morgan fingerprint density at radius 1 is 1.15 bits per heavy atom. The number of ketones is 1. The molecule has 9 heteroatoms. The lowest BCUT2D eigenvalue weighted by Gasteiger charge is -2.53. The third kappa shape index (κ3) is 3.49. The van der Waals surface area contributed by atoms with Crippen LogP contribution in [0.5, 0.6) is 5.75 Å². The van der Waals surface area contributed by atoms with Gasteiger partial charge in [0.1, 0.15) is 17.8 Å². The summed E-state index contributed by atoms with van der Waals surface area (Å²) < 4.78 is 28.7. The molecule has 1 aromatic carbocycles. The minimum absolute atomic E-state index is 0.0213. The van der Waals surface area contributed by atoms with Gasteiger partial charge in [0, 0.05) is 25.2 Å². The Bertz CT molecular complexity index is 1230. The second-order valence-electron chi connectivity index (χ2n) is 9.36. The number of carbonyl (C=O) groups is 2. The van der Waals surface area contributed by atoms with E-state index in [2.05, 4.69) is 5.01 Å². The van der Waals surface area contributed by atoms with Crippen LogP contribution in [-0.4, -0.2) is 45.1 Å². The Kier molecular flexibility index (Phi) is 5.65. The van der Waals surface area contributed by atoms with Crippen LogP contribution in [0.1, 0.15) is 71.9 Å². The van der Waals surface area contributed by atoms with Crippen molar-refractivity contribution in [3.8, 4) is 5.75 Å². The van der Waals surface area contributed by atoms with E-state index in [-0.39, 0.29) is 41.9 Å². The predicted octanol–water partition coefficient (Wildman–Crippen LogP) is 3.35. The van der Waals surface area contributed by atoms with Crippen molar-refractivity contribution in [1.29, 1.82) is 0 Å². The highest BCUT2D eigenvalue weighted by molar-refractivity contribution is 6.00. The van der Waals surface area contributed by atoms with Crippen molar-refractivity contribution in [3.63, 3.8) is 0 Å². The molecule has 2 fully saturated rings. The molecule has 1 aromatic heterocycles. The molecule has 1 aliphatic carbocycles. The number of aryl methyl sites for hydroxylation is 1. The Balaban J connectivity index is 1.53. The van der Waals surface area contributed by atoms with Gasteiger partial charge in [0.15, 0.2) is 17.2 Å². The summed E-state index contributed by atoms with van der Waals surface area (Å²) in [4.78, 5) is 40.9. The molecule has 0 unspecified atom stereocenters. The van der Waals surface area contributed by atoms with Gasteiger partial charge in [0.25, 0.3) is 5.91 Å². The summed E-state index contributed by atoms with van der Waals surface area (Å²) in [7, 11) is 0. The summed E-state index contributed by atoms with van der Waals surface area (Å²) in [6.45, 7) is 2.31. The molecule has 2 aliphatic heterocycles. The van der Waals surface area contributed by atoms with Crippen molar-refractivity contribution in [2.75, 3.05) is 11.6 Å². The van der Waals surface area contributed by atoms with Crippen LogP contribution in [0.2, 0.25) is 0 Å². The lowest BCUT2D eigenvalue weighted by molar-refractivity contribution is 0.0454. The number of benzene rings is 1. The topological polar surface area (TPSA) is 82.9 Å². The largest absolute Gasteiger partial charge is 0.502 e. The molecule has 0 bridgehead atoms. The lowest BCUT2D eigenvalue weighted by Crippen LogP contribution is -2.67. The number of piperidine rings is 1. The molecule has 3 aliphatic rings. The van der Waals surface area contributed by atoms with Crippen LogP contribution in [0.3, 0.4) is 0 Å². The summed E-state index contributed by atoms with van der Waals surface area (Å²) in [6, 6.07) is 3.28. The maximum Gasteiger partial charge on any atom is 0.278 e. The van der Waals surface area contributed by atoms with Crippen molar-refractivity contribution in [3.05, 3.63) is 63.1 Å². The van der Waals surface area contributed by atoms with E-state index < -0.39 is 34.5 Å². The summed E-state index contributed by atoms with van der Waals surface area (Å²) in [6.07, 6.45) is 5.83. The van der Waals surface area contributed by atoms with E-state index in [1.54, 1.807) is 4.90 Å². The van der Waals surface area contributed by atoms with Gasteiger partial charge in [-0.15, -0.1) is 0 Å². The molecule has 0 radical (unpaired) electrons. The normalized spacial score (nSPS) is 23.5. The summed E-state index contributed by atoms with van der Waals surface area (Å²) in [5, 5.41) is 12.9. The summed E-state index contributed by atoms with van der Waals surface area (Å²) >= 11 is 0. The first-order valence-electron chi connectivity index (χ1n) is 11.9. The van der Waals surface area contributed by atoms with Crippen LogP contribution in [0.4, 0.5) is 8.78 Å². The highest BCUT2D eigenvalue weighted by Crippen LogP contribution is 2.42. The number of fused-ring (bicyclic) bond motifs is 5. The molecule has 0 spiro atoms. The molecule has 180 valence electrons. The molecular weight excluding hydrogens is 444 g/mol. The van der Waals surface area contributed by atoms with Gasteiger partial charge in [-0.25, -0.2) is 8.78 Å². The van der Waals surface area contributed by atoms with Gasteiger partial charge in [0.05, 0.1) is 11.6 Å². The van der Waals surface area contributed by atoms with Crippen LogP contribution in [0.25, 0.3) is 0 Å². The Hall–Kier alpha value is -3.23. The quantitative estimate of drug-likeness (QED) is 0.677. The molecular formula is C25H27F2N3O4. The van der Waals surface area contributed by atoms with Gasteiger partial charge in [-0.3, -0.25) is 24.1 Å². The third-order valence-electron chi connectivity index (χ3n) is 7.57. The highest BCUT2D eigenvalue weighted by atomic mass is 19.1. The zero-order valence-corrected chi connectivity index (χ0v) is 19.0. The number of nitrogens with zero attached hydrogens (tertiary/aromatic N) is 3. The van der Waals surface area contributed by atoms with Gasteiger partial charge in [-0.1, -0.05) is 12.5 Å². The summed E-state index contributed by atoms with van der Waals surface area (Å²) in [5.74, 6) is -2.74. The fourth-order valence-corrected chi connectivity index (χ4v) is 5.92. The maximum atomic E-state index is 14.0. The number of hydrogen-bond acceptors (Lipinski definition) is 5. The number of hydrogen-bond donors (Lipinski definition) is 1. The number of amides is 1. The minimum Gasteiger partial charge on any atom is -0.502 e. The molecule has 7 nitrogen and oxygen atoms in total. The Morgan fingerprint density at radius 3 is 2.68 bits per heavy atom. The van der Waals surface area contributed by atoms with Crippen molar-refractivity contribution in [2.24, 2.45) is 5.92 Å². The van der Waals surface area contributed by atoms with E-state index >= 15 is 0 Å². The molecule has 3 atom stereocenters. The molecule has 3 heterocycles. The first-order valence-corrected chi connectivity index (χ1v) is 11.9. The van der Waals surface area contributed by atoms with Crippen molar-refractivity contribution >= 4 is 11.7 Å². The number of pyridine rings is 1. The Morgan fingerprint density at radius 2 is 1.94 bits per heavy atom. The van der Waals surface area contributed by atoms with E-state index in [4.69, 9.17) is 0 Å². The average Bonchev–Trinajstić information content (AvgIpc) is 3.29. The molecule has 5 rings (SSSR count). The minimum atomic E-state index is -0.904. The Labute approximate surface area is 195 Å². The van der Waals surface area contributed by atoms with E-state index in [0.717, 1.165) is 44.2 Å².